The fraction of sp³-hybridized carbons (Fsp3) is 0.154. The topological polar surface area (TPSA) is 101 Å². The van der Waals surface area contributed by atoms with Gasteiger partial charge in [-0.1, -0.05) is 12.2 Å². The zero-order valence-electron chi connectivity index (χ0n) is 10.1. The molecule has 100 valence electrons. The number of carboxylic acids is 2. The first kappa shape index (κ1) is 14.4. The largest absolute Gasteiger partial charge is 0.478 e. The summed E-state index contributed by atoms with van der Waals surface area (Å²) in [5, 5.41) is 17.8. The van der Waals surface area contributed by atoms with Gasteiger partial charge >= 0.3 is 17.9 Å². The lowest BCUT2D eigenvalue weighted by Gasteiger charge is -2.06. The van der Waals surface area contributed by atoms with Crippen molar-refractivity contribution in [2.75, 3.05) is 6.61 Å². The summed E-state index contributed by atoms with van der Waals surface area (Å²) in [6, 6.07) is 3.21. The quantitative estimate of drug-likeness (QED) is 0.621. The molecule has 6 nitrogen and oxygen atoms in total. The van der Waals surface area contributed by atoms with Crippen LogP contribution in [0.4, 0.5) is 0 Å². The van der Waals surface area contributed by atoms with Gasteiger partial charge in [0.05, 0.1) is 16.7 Å². The van der Waals surface area contributed by atoms with Crippen molar-refractivity contribution in [3.63, 3.8) is 0 Å². The van der Waals surface area contributed by atoms with Gasteiger partial charge in [-0.3, -0.25) is 0 Å². The van der Waals surface area contributed by atoms with Gasteiger partial charge in [-0.15, -0.1) is 0 Å². The van der Waals surface area contributed by atoms with Crippen molar-refractivity contribution in [2.45, 2.75) is 6.92 Å². The van der Waals surface area contributed by atoms with Crippen LogP contribution in [-0.2, 0) is 4.74 Å². The summed E-state index contributed by atoms with van der Waals surface area (Å²) >= 11 is 0. The van der Waals surface area contributed by atoms with Crippen LogP contribution in [0.15, 0.2) is 30.4 Å². The van der Waals surface area contributed by atoms with Crippen LogP contribution >= 0.6 is 0 Å². The minimum Gasteiger partial charge on any atom is -0.478 e. The first-order valence-corrected chi connectivity index (χ1v) is 5.36. The second-order valence-corrected chi connectivity index (χ2v) is 3.54. The Morgan fingerprint density at radius 1 is 1.16 bits per heavy atom. The second-order valence-electron chi connectivity index (χ2n) is 3.54. The van der Waals surface area contributed by atoms with Crippen LogP contribution in [0.5, 0.6) is 0 Å². The van der Waals surface area contributed by atoms with Crippen molar-refractivity contribution in [3.05, 3.63) is 47.0 Å². The minimum atomic E-state index is -1.39. The maximum Gasteiger partial charge on any atom is 0.339 e. The first-order chi connectivity index (χ1) is 8.97. The van der Waals surface area contributed by atoms with Crippen LogP contribution in [-0.4, -0.2) is 34.7 Å². The molecular formula is C13H12O6. The van der Waals surface area contributed by atoms with Crippen LogP contribution < -0.4 is 0 Å². The molecule has 6 heteroatoms. The summed E-state index contributed by atoms with van der Waals surface area (Å²) < 4.78 is 4.82. The van der Waals surface area contributed by atoms with Gasteiger partial charge in [0.15, 0.2) is 0 Å². The Balaban J connectivity index is 3.09. The number of carbonyl (C=O) groups excluding carboxylic acids is 1. The molecule has 0 bridgehead atoms. The molecule has 0 spiro atoms. The van der Waals surface area contributed by atoms with E-state index in [-0.39, 0.29) is 17.7 Å². The average molecular weight is 264 g/mol. The first-order valence-electron chi connectivity index (χ1n) is 5.36. The molecule has 2 N–H and O–H groups in total. The lowest BCUT2D eigenvalue weighted by molar-refractivity contribution is 0.0535. The molecule has 0 aliphatic carbocycles. The summed E-state index contributed by atoms with van der Waals surface area (Å²) in [6.45, 7) is 1.77. The summed E-state index contributed by atoms with van der Waals surface area (Å²) in [4.78, 5) is 33.4. The maximum absolute atomic E-state index is 11.7. The fourth-order valence-corrected chi connectivity index (χ4v) is 1.33. The second kappa shape index (κ2) is 6.34. The van der Waals surface area contributed by atoms with Gasteiger partial charge in [0.25, 0.3) is 0 Å². The summed E-state index contributed by atoms with van der Waals surface area (Å²) in [5.41, 5.74) is -0.783. The Kier molecular flexibility index (Phi) is 4.82. The number of hydrogen-bond acceptors (Lipinski definition) is 4. The molecule has 0 heterocycles. The van der Waals surface area contributed by atoms with Gasteiger partial charge in [-0.2, -0.15) is 0 Å². The predicted molar refractivity (Wildman–Crippen MR) is 65.5 cm³/mol. The summed E-state index contributed by atoms with van der Waals surface area (Å²) in [5.74, 6) is -3.47. The molecule has 0 aromatic heterocycles. The van der Waals surface area contributed by atoms with E-state index in [0.717, 1.165) is 18.2 Å². The number of benzene rings is 1. The van der Waals surface area contributed by atoms with Crippen LogP contribution in [0.25, 0.3) is 0 Å². The molecule has 0 fully saturated rings. The highest BCUT2D eigenvalue weighted by molar-refractivity contribution is 6.04. The molecule has 1 rings (SSSR count). The zero-order valence-corrected chi connectivity index (χ0v) is 10.1. The third-order valence-electron chi connectivity index (χ3n) is 2.26. The molecule has 0 saturated carbocycles. The Morgan fingerprint density at radius 3 is 2.37 bits per heavy atom. The van der Waals surface area contributed by atoms with Crippen molar-refractivity contribution in [2.24, 2.45) is 0 Å². The number of carboxylic acid groups (broad SMARTS) is 2. The average Bonchev–Trinajstić information content (AvgIpc) is 2.38. The number of rotatable bonds is 5. The van der Waals surface area contributed by atoms with Gasteiger partial charge in [0, 0.05) is 0 Å². The number of carbonyl (C=O) groups is 3. The zero-order chi connectivity index (χ0) is 14.4. The highest BCUT2D eigenvalue weighted by atomic mass is 16.5. The van der Waals surface area contributed by atoms with Crippen molar-refractivity contribution < 1.29 is 29.3 Å². The highest BCUT2D eigenvalue weighted by Crippen LogP contribution is 2.14. The van der Waals surface area contributed by atoms with E-state index in [1.54, 1.807) is 19.1 Å². The number of hydrogen-bond donors (Lipinski definition) is 2. The van der Waals surface area contributed by atoms with Gasteiger partial charge in [-0.25, -0.2) is 14.4 Å². The van der Waals surface area contributed by atoms with E-state index in [4.69, 9.17) is 14.9 Å². The molecule has 0 amide bonds. The lowest BCUT2D eigenvalue weighted by Crippen LogP contribution is -2.13. The standard InChI is InChI=1S/C13H12O6/c1-2-3-6-19-13(18)9-5-4-8(11(14)15)7-10(9)12(16)17/h2-5,7H,6H2,1H3,(H,14,15)(H,16,17). The van der Waals surface area contributed by atoms with E-state index in [1.165, 1.54) is 0 Å². The number of aromatic carboxylic acids is 2. The maximum atomic E-state index is 11.7. The fourth-order valence-electron chi connectivity index (χ4n) is 1.33. The van der Waals surface area contributed by atoms with Crippen molar-refractivity contribution in [3.8, 4) is 0 Å². The van der Waals surface area contributed by atoms with Crippen LogP contribution in [0.1, 0.15) is 38.0 Å². The van der Waals surface area contributed by atoms with E-state index >= 15 is 0 Å². The third-order valence-corrected chi connectivity index (χ3v) is 2.26. The van der Waals surface area contributed by atoms with E-state index in [1.807, 2.05) is 0 Å². The molecule has 1 aromatic rings. The monoisotopic (exact) mass is 264 g/mol. The SMILES string of the molecule is CC=CCOC(=O)c1ccc(C(=O)O)cc1C(=O)O. The molecule has 0 radical (unpaired) electrons. The normalized spacial score (nSPS) is 10.4. The number of ether oxygens (including phenoxy) is 1. The Bertz CT molecular complexity index is 544. The van der Waals surface area contributed by atoms with E-state index in [0.29, 0.717) is 0 Å². The van der Waals surface area contributed by atoms with Crippen LogP contribution in [0, 0.1) is 0 Å². The van der Waals surface area contributed by atoms with Gasteiger partial charge in [0.2, 0.25) is 0 Å². The lowest BCUT2D eigenvalue weighted by atomic mass is 10.0. The molecule has 0 aliphatic heterocycles. The van der Waals surface area contributed by atoms with E-state index in [9.17, 15) is 14.4 Å². The van der Waals surface area contributed by atoms with Crippen LogP contribution in [0.3, 0.4) is 0 Å². The Morgan fingerprint density at radius 2 is 1.84 bits per heavy atom. The number of allylic oxidation sites excluding steroid dienone is 1. The summed E-state index contributed by atoms with van der Waals surface area (Å²) in [6.07, 6.45) is 3.27. The van der Waals surface area contributed by atoms with Crippen molar-refractivity contribution >= 4 is 17.9 Å². The van der Waals surface area contributed by atoms with Gasteiger partial charge in [-0.05, 0) is 25.1 Å². The van der Waals surface area contributed by atoms with E-state index in [2.05, 4.69) is 0 Å². The van der Waals surface area contributed by atoms with Gasteiger partial charge in [0.1, 0.15) is 6.61 Å². The molecule has 1 aromatic carbocycles. The van der Waals surface area contributed by atoms with Crippen molar-refractivity contribution in [1.82, 2.24) is 0 Å². The molecule has 0 unspecified atom stereocenters. The molecule has 0 saturated heterocycles. The smallest absolute Gasteiger partial charge is 0.339 e. The predicted octanol–water partition coefficient (Wildman–Crippen LogP) is 1.82. The number of esters is 1. The third kappa shape index (κ3) is 3.67. The molecule has 0 aliphatic rings. The summed E-state index contributed by atoms with van der Waals surface area (Å²) in [7, 11) is 0. The molecular weight excluding hydrogens is 252 g/mol. The molecule has 0 atom stereocenters. The van der Waals surface area contributed by atoms with Crippen molar-refractivity contribution in [1.29, 1.82) is 0 Å². The Labute approximate surface area is 108 Å². The van der Waals surface area contributed by atoms with Gasteiger partial charge < -0.3 is 14.9 Å². The Hall–Kier alpha value is -2.63. The minimum absolute atomic E-state index is 0.0229. The van der Waals surface area contributed by atoms with E-state index < -0.39 is 23.5 Å². The molecule has 19 heavy (non-hydrogen) atoms. The highest BCUT2D eigenvalue weighted by Gasteiger charge is 2.19. The van der Waals surface area contributed by atoms with Crippen LogP contribution in [0.2, 0.25) is 0 Å².